The third kappa shape index (κ3) is 7.72. The SMILES string of the molecule is Cc1cc2c3c(c1)N(c1ccc(C(C)(C)C)cc1-c1ccc(C(C)(C)C)cc1)c1cc(N(c4ccccc4)c4ccccc4)ccc1B3c1ccc(N(c3ccccc3)c3ccccc3)cc1O2. The summed E-state index contributed by atoms with van der Waals surface area (Å²) < 4.78 is 7.21. The fraction of sp³-hybridized carbons (Fsp3) is 0.143. The molecule has 0 N–H and O–H groups in total. The molecule has 0 radical (unpaired) electrons. The molecule has 5 heteroatoms. The van der Waals surface area contributed by atoms with Crippen molar-refractivity contribution in [2.75, 3.05) is 14.7 Å². The maximum Gasteiger partial charge on any atom is 0.256 e. The lowest BCUT2D eigenvalue weighted by atomic mass is 9.34. The molecule has 0 aliphatic carbocycles. The Balaban J connectivity index is 1.16. The van der Waals surface area contributed by atoms with Crippen LogP contribution >= 0.6 is 0 Å². The van der Waals surface area contributed by atoms with Gasteiger partial charge in [0.05, 0.1) is 5.69 Å². The topological polar surface area (TPSA) is 19.0 Å². The first kappa shape index (κ1) is 42.9. The molecular weight excluding hydrogens is 826 g/mol. The first-order valence-corrected chi connectivity index (χ1v) is 23.9. The summed E-state index contributed by atoms with van der Waals surface area (Å²) in [6, 6.07) is 77.5. The molecule has 0 bridgehead atoms. The van der Waals surface area contributed by atoms with E-state index in [4.69, 9.17) is 4.74 Å². The molecule has 0 amide bonds. The number of aryl methyl sites for hydroxylation is 1. The third-order valence-electron chi connectivity index (χ3n) is 13.6. The highest BCUT2D eigenvalue weighted by molar-refractivity contribution is 6.99. The number of hydrogen-bond acceptors (Lipinski definition) is 4. The van der Waals surface area contributed by atoms with Crippen LogP contribution in [-0.2, 0) is 10.8 Å². The Morgan fingerprint density at radius 2 is 0.882 bits per heavy atom. The minimum absolute atomic E-state index is 0.0360. The van der Waals surface area contributed by atoms with Gasteiger partial charge in [-0.15, -0.1) is 0 Å². The summed E-state index contributed by atoms with van der Waals surface area (Å²) >= 11 is 0. The van der Waals surface area contributed by atoms with Crippen molar-refractivity contribution in [3.63, 3.8) is 0 Å². The van der Waals surface area contributed by atoms with Gasteiger partial charge in [0.2, 0.25) is 0 Å². The standard InChI is InChI=1S/C63H56BN3O/c1-43-38-58-61-60(39-43)68-59-42-52(66(49-24-16-10-17-25-49)50-26-18-11-19-27-50)34-36-55(59)64(61)54-35-33-51(65(47-20-12-8-13-21-47)48-22-14-9-15-23-48)41-57(54)67(58)56-37-32-46(63(5,6)7)40-53(56)44-28-30-45(31-29-44)62(2,3)4/h8-42H,1-7H3. The second-order valence-corrected chi connectivity index (χ2v) is 20.4. The summed E-state index contributed by atoms with van der Waals surface area (Å²) in [7, 11) is 0. The van der Waals surface area contributed by atoms with Gasteiger partial charge in [-0.1, -0.05) is 157 Å². The van der Waals surface area contributed by atoms with Gasteiger partial charge >= 0.3 is 0 Å². The van der Waals surface area contributed by atoms with Gasteiger partial charge in [0, 0.05) is 57.1 Å². The Kier molecular flexibility index (Phi) is 10.6. The van der Waals surface area contributed by atoms with Gasteiger partial charge in [0.25, 0.3) is 6.71 Å². The molecular formula is C63H56BN3O. The fourth-order valence-corrected chi connectivity index (χ4v) is 10.2. The molecule has 9 aromatic rings. The largest absolute Gasteiger partial charge is 0.458 e. The minimum Gasteiger partial charge on any atom is -0.458 e. The molecule has 0 unspecified atom stereocenters. The fourth-order valence-electron chi connectivity index (χ4n) is 10.2. The monoisotopic (exact) mass is 881 g/mol. The summed E-state index contributed by atoms with van der Waals surface area (Å²) in [6.07, 6.45) is 0. The van der Waals surface area contributed by atoms with E-state index in [9.17, 15) is 0 Å². The molecule has 0 saturated heterocycles. The highest BCUT2D eigenvalue weighted by atomic mass is 16.5. The smallest absolute Gasteiger partial charge is 0.256 e. The summed E-state index contributed by atoms with van der Waals surface area (Å²) in [5, 5.41) is 0. The molecule has 332 valence electrons. The van der Waals surface area contributed by atoms with Crippen LogP contribution in [0.1, 0.15) is 58.2 Å². The number of fused-ring (bicyclic) bond motifs is 4. The Morgan fingerprint density at radius 1 is 0.397 bits per heavy atom. The summed E-state index contributed by atoms with van der Waals surface area (Å²) in [5.74, 6) is 1.75. The third-order valence-corrected chi connectivity index (χ3v) is 13.6. The van der Waals surface area contributed by atoms with Crippen LogP contribution in [-0.4, -0.2) is 6.71 Å². The van der Waals surface area contributed by atoms with Crippen LogP contribution in [0.5, 0.6) is 11.5 Å². The lowest BCUT2D eigenvalue weighted by molar-refractivity contribution is 0.487. The molecule has 0 fully saturated rings. The number of nitrogens with zero attached hydrogens (tertiary/aromatic N) is 3. The van der Waals surface area contributed by atoms with Gasteiger partial charge in [-0.2, -0.15) is 0 Å². The summed E-state index contributed by atoms with van der Waals surface area (Å²) in [4.78, 5) is 7.21. The molecule has 0 saturated carbocycles. The van der Waals surface area contributed by atoms with E-state index in [0.29, 0.717) is 0 Å². The zero-order valence-corrected chi connectivity index (χ0v) is 40.0. The Morgan fingerprint density at radius 3 is 1.40 bits per heavy atom. The lowest BCUT2D eigenvalue weighted by Gasteiger charge is -2.42. The summed E-state index contributed by atoms with van der Waals surface area (Å²) in [6.45, 7) is 15.9. The van der Waals surface area contributed by atoms with Crippen molar-refractivity contribution in [1.82, 2.24) is 0 Å². The van der Waals surface area contributed by atoms with Crippen molar-refractivity contribution in [2.24, 2.45) is 0 Å². The van der Waals surface area contributed by atoms with Crippen molar-refractivity contribution in [3.8, 4) is 22.6 Å². The van der Waals surface area contributed by atoms with Crippen molar-refractivity contribution >= 4 is 74.3 Å². The van der Waals surface area contributed by atoms with Crippen molar-refractivity contribution in [2.45, 2.75) is 59.3 Å². The van der Waals surface area contributed by atoms with Crippen LogP contribution in [0.3, 0.4) is 0 Å². The molecule has 4 nitrogen and oxygen atoms in total. The zero-order valence-electron chi connectivity index (χ0n) is 40.0. The van der Waals surface area contributed by atoms with E-state index < -0.39 is 0 Å². The van der Waals surface area contributed by atoms with Crippen LogP contribution in [0.2, 0.25) is 0 Å². The van der Waals surface area contributed by atoms with Crippen LogP contribution in [0, 0.1) is 6.92 Å². The molecule has 2 aliphatic heterocycles. The predicted molar refractivity (Wildman–Crippen MR) is 289 cm³/mol. The van der Waals surface area contributed by atoms with Crippen molar-refractivity contribution in [1.29, 1.82) is 0 Å². The Hall–Kier alpha value is -7.76. The van der Waals surface area contributed by atoms with Crippen LogP contribution in [0.15, 0.2) is 212 Å². The average molecular weight is 882 g/mol. The molecule has 68 heavy (non-hydrogen) atoms. The molecule has 0 atom stereocenters. The highest BCUT2D eigenvalue weighted by Crippen LogP contribution is 2.48. The number of hydrogen-bond donors (Lipinski definition) is 0. The highest BCUT2D eigenvalue weighted by Gasteiger charge is 2.43. The van der Waals surface area contributed by atoms with E-state index >= 15 is 0 Å². The molecule has 2 aliphatic rings. The van der Waals surface area contributed by atoms with E-state index in [-0.39, 0.29) is 17.5 Å². The molecule has 0 spiro atoms. The summed E-state index contributed by atoms with van der Waals surface area (Å²) in [5.41, 5.74) is 19.5. The number of para-hydroxylation sites is 4. The molecule has 11 rings (SSSR count). The Bertz CT molecular complexity index is 3210. The van der Waals surface area contributed by atoms with Crippen LogP contribution < -0.4 is 35.8 Å². The van der Waals surface area contributed by atoms with Gasteiger partial charge in [-0.25, -0.2) is 0 Å². The first-order valence-electron chi connectivity index (χ1n) is 23.9. The minimum atomic E-state index is -0.0918. The van der Waals surface area contributed by atoms with Gasteiger partial charge in [0.1, 0.15) is 11.5 Å². The lowest BCUT2D eigenvalue weighted by Crippen LogP contribution is -2.59. The van der Waals surface area contributed by atoms with E-state index in [1.54, 1.807) is 0 Å². The van der Waals surface area contributed by atoms with Crippen molar-refractivity contribution < 1.29 is 4.74 Å². The molecule has 0 aromatic heterocycles. The van der Waals surface area contributed by atoms with E-state index in [0.717, 1.165) is 73.7 Å². The van der Waals surface area contributed by atoms with Gasteiger partial charge in [-0.3, -0.25) is 0 Å². The van der Waals surface area contributed by atoms with E-state index in [1.165, 1.54) is 33.2 Å². The van der Waals surface area contributed by atoms with Gasteiger partial charge < -0.3 is 19.4 Å². The predicted octanol–water partition coefficient (Wildman–Crippen LogP) is 15.6. The van der Waals surface area contributed by atoms with Crippen LogP contribution in [0.25, 0.3) is 11.1 Å². The maximum absolute atomic E-state index is 7.21. The molecule has 2 heterocycles. The number of ether oxygens (including phenoxy) is 1. The normalized spacial score (nSPS) is 12.7. The van der Waals surface area contributed by atoms with Crippen LogP contribution in [0.4, 0.5) is 51.2 Å². The number of rotatable bonds is 8. The van der Waals surface area contributed by atoms with Gasteiger partial charge in [-0.05, 0) is 147 Å². The van der Waals surface area contributed by atoms with Crippen molar-refractivity contribution in [3.05, 3.63) is 229 Å². The Labute approximate surface area is 402 Å². The van der Waals surface area contributed by atoms with Gasteiger partial charge in [0.15, 0.2) is 0 Å². The second kappa shape index (κ2) is 16.8. The number of benzene rings is 9. The molecule has 9 aromatic carbocycles. The van der Waals surface area contributed by atoms with E-state index in [1.807, 2.05) is 0 Å². The van der Waals surface area contributed by atoms with E-state index in [2.05, 4.69) is 275 Å². The first-order chi connectivity index (χ1) is 32.9. The maximum atomic E-state index is 7.21. The second-order valence-electron chi connectivity index (χ2n) is 20.4. The number of anilines is 9. The quantitative estimate of drug-likeness (QED) is 0.142. The average Bonchev–Trinajstić information content (AvgIpc) is 3.34. The zero-order chi connectivity index (χ0) is 46.7.